The predicted octanol–water partition coefficient (Wildman–Crippen LogP) is 14.8. The third kappa shape index (κ3) is 6.40. The summed E-state index contributed by atoms with van der Waals surface area (Å²) >= 11 is 0. The number of para-hydroxylation sites is 2. The second-order valence-electron chi connectivity index (χ2n) is 19.5. The van der Waals surface area contributed by atoms with E-state index in [0.29, 0.717) is 0 Å². The van der Waals surface area contributed by atoms with Crippen LogP contribution in [0.5, 0.6) is 0 Å². The number of aromatic nitrogens is 2. The Labute approximate surface area is 392 Å². The fourth-order valence-electron chi connectivity index (χ4n) is 10.0. The molecule has 0 saturated heterocycles. The molecule has 3 heterocycles. The Morgan fingerprint density at radius 2 is 1.16 bits per heavy atom. The van der Waals surface area contributed by atoms with E-state index in [1.165, 1.54) is 49.9 Å². The van der Waals surface area contributed by atoms with Crippen LogP contribution in [0.4, 0.5) is 22.7 Å². The number of anilines is 4. The summed E-state index contributed by atoms with van der Waals surface area (Å²) in [4.78, 5) is 9.72. The molecule has 0 bridgehead atoms. The van der Waals surface area contributed by atoms with Crippen molar-refractivity contribution in [2.75, 3.05) is 9.80 Å². The molecule has 0 atom stereocenters. The first-order valence-electron chi connectivity index (χ1n) is 22.1. The summed E-state index contributed by atoms with van der Waals surface area (Å²) in [5.74, 6) is 0.892. The molecule has 1 aliphatic heterocycles. The van der Waals surface area contributed by atoms with E-state index in [1.54, 1.807) is 0 Å². The van der Waals surface area contributed by atoms with Gasteiger partial charge in [-0.25, -0.2) is 4.98 Å². The topological polar surface area (TPSA) is 24.3 Å². The third-order valence-electron chi connectivity index (χ3n) is 13.5. The van der Waals surface area contributed by atoms with Gasteiger partial charge < -0.3 is 14.4 Å². The summed E-state index contributed by atoms with van der Waals surface area (Å²) in [6, 6.07) is 64.2. The van der Waals surface area contributed by atoms with E-state index in [1.807, 2.05) is 6.20 Å². The number of aryl methyl sites for hydroxylation is 2. The largest absolute Gasteiger partial charge is 0.493 e. The van der Waals surface area contributed by atoms with Crippen LogP contribution in [-0.2, 0) is 37.3 Å². The summed E-state index contributed by atoms with van der Waals surface area (Å²) in [5, 5.41) is 2.33. The van der Waals surface area contributed by atoms with E-state index in [4.69, 9.17) is 4.98 Å². The van der Waals surface area contributed by atoms with Gasteiger partial charge in [-0.1, -0.05) is 132 Å². The molecule has 4 nitrogen and oxygen atoms in total. The van der Waals surface area contributed by atoms with Crippen molar-refractivity contribution in [2.24, 2.45) is 0 Å². The monoisotopic (exact) mass is 1010 g/mol. The second-order valence-corrected chi connectivity index (χ2v) is 19.5. The molecule has 11 rings (SSSR count). The van der Waals surface area contributed by atoms with Crippen LogP contribution in [0.2, 0.25) is 0 Å². The number of rotatable bonds is 5. The number of hydrogen-bond acceptors (Lipinski definition) is 3. The number of benzene rings is 7. The van der Waals surface area contributed by atoms with Crippen molar-refractivity contribution in [3.8, 4) is 16.9 Å². The van der Waals surface area contributed by atoms with Gasteiger partial charge in [0.2, 0.25) is 0 Å². The molecule has 9 aromatic rings. The number of hydrogen-bond donors (Lipinski definition) is 0. The third-order valence-corrected chi connectivity index (χ3v) is 13.5. The van der Waals surface area contributed by atoms with Crippen molar-refractivity contribution in [1.82, 2.24) is 9.55 Å². The van der Waals surface area contributed by atoms with Crippen molar-refractivity contribution in [1.29, 1.82) is 0 Å². The molecular weight excluding hydrogens is 960 g/mol. The standard InChI is InChI=1S/C59H51N4.Pt/c1-38-30-54-55(31-39(38)2)62(37-61(54)44-18-10-9-11-19-44)45-33-42(58(6,7)8)32-43(34-45)59(50-23-15-12-20-46(50)47-21-13-16-24-51(47)59)41-26-27-49-48-22-14-17-25-52(48)63(53(49)35-41)56-36-40(28-29-60-56)57(3,4)5;/h9-33,36-37H,1-8H3;/q-3;. The summed E-state index contributed by atoms with van der Waals surface area (Å²) in [7, 11) is 0. The van der Waals surface area contributed by atoms with E-state index in [2.05, 4.69) is 240 Å². The van der Waals surface area contributed by atoms with E-state index >= 15 is 0 Å². The van der Waals surface area contributed by atoms with Gasteiger partial charge in [-0.3, -0.25) is 0 Å². The van der Waals surface area contributed by atoms with Crippen LogP contribution < -0.4 is 9.80 Å². The Hall–Kier alpha value is -6.22. The minimum Gasteiger partial charge on any atom is -0.493 e. The molecule has 2 aromatic heterocycles. The Balaban J connectivity index is 0.00000484. The molecule has 320 valence electrons. The van der Waals surface area contributed by atoms with Crippen LogP contribution in [0.25, 0.3) is 38.8 Å². The fourth-order valence-corrected chi connectivity index (χ4v) is 10.0. The molecule has 64 heavy (non-hydrogen) atoms. The van der Waals surface area contributed by atoms with Gasteiger partial charge in [-0.05, 0) is 111 Å². The second kappa shape index (κ2) is 15.2. The molecule has 7 aromatic carbocycles. The van der Waals surface area contributed by atoms with Gasteiger partial charge >= 0.3 is 0 Å². The Morgan fingerprint density at radius 3 is 1.83 bits per heavy atom. The number of pyridine rings is 1. The van der Waals surface area contributed by atoms with Gasteiger partial charge in [0.15, 0.2) is 0 Å². The maximum Gasteiger partial charge on any atom is 0.135 e. The Kier molecular flexibility index (Phi) is 9.92. The van der Waals surface area contributed by atoms with Gasteiger partial charge in [-0.15, -0.1) is 34.9 Å². The Morgan fingerprint density at radius 1 is 0.547 bits per heavy atom. The van der Waals surface area contributed by atoms with Crippen LogP contribution in [0, 0.1) is 32.6 Å². The van der Waals surface area contributed by atoms with Crippen LogP contribution in [0.1, 0.15) is 86.1 Å². The molecule has 5 heteroatoms. The van der Waals surface area contributed by atoms with Crippen LogP contribution >= 0.6 is 0 Å². The minimum absolute atomic E-state index is 0. The van der Waals surface area contributed by atoms with E-state index in [-0.39, 0.29) is 31.9 Å². The van der Waals surface area contributed by atoms with Crippen molar-refractivity contribution in [3.63, 3.8) is 0 Å². The molecule has 0 amide bonds. The van der Waals surface area contributed by atoms with Crippen LogP contribution in [0.15, 0.2) is 158 Å². The molecule has 0 spiro atoms. The molecule has 0 radical (unpaired) electrons. The summed E-state index contributed by atoms with van der Waals surface area (Å²) in [6.07, 6.45) is 1.95. The first-order valence-corrected chi connectivity index (χ1v) is 22.1. The normalized spacial score (nSPS) is 14.1. The predicted molar refractivity (Wildman–Crippen MR) is 262 cm³/mol. The van der Waals surface area contributed by atoms with Crippen molar-refractivity contribution in [3.05, 3.63) is 221 Å². The average molecular weight is 1010 g/mol. The average Bonchev–Trinajstić information content (AvgIpc) is 3.92. The first kappa shape index (κ1) is 41.8. The van der Waals surface area contributed by atoms with E-state index in [9.17, 15) is 0 Å². The maximum absolute atomic E-state index is 5.05. The number of fused-ring (bicyclic) bond motifs is 7. The smallest absolute Gasteiger partial charge is 0.135 e. The van der Waals surface area contributed by atoms with Gasteiger partial charge in [0.1, 0.15) is 5.82 Å². The molecular formula is C59H51N4Pt-3. The molecule has 0 unspecified atom stereocenters. The van der Waals surface area contributed by atoms with Gasteiger partial charge in [0.25, 0.3) is 0 Å². The molecule has 2 aliphatic rings. The van der Waals surface area contributed by atoms with Crippen LogP contribution in [-0.4, -0.2) is 9.55 Å². The molecule has 0 fully saturated rings. The zero-order valence-electron chi connectivity index (χ0n) is 37.7. The van der Waals surface area contributed by atoms with Crippen molar-refractivity contribution < 1.29 is 21.1 Å². The van der Waals surface area contributed by atoms with Gasteiger partial charge in [0.05, 0.1) is 0 Å². The summed E-state index contributed by atoms with van der Waals surface area (Å²) in [5.41, 5.74) is 17.6. The molecule has 0 saturated carbocycles. The zero-order chi connectivity index (χ0) is 43.4. The Bertz CT molecular complexity index is 3230. The van der Waals surface area contributed by atoms with Crippen molar-refractivity contribution in [2.45, 2.75) is 71.6 Å². The SMILES string of the molecule is Cc1cc2c(cc1C)N(c1ccccc1)[CH-]N2c1[c-]c(C2(c3[c-]c4c(cc3)c3ccccc3n4-c3cc(C(C)(C)C)ccn3)c3ccccc3-c3ccccc32)cc(C(C)(C)C)c1.[Pt]. The zero-order valence-corrected chi connectivity index (χ0v) is 40.0. The van der Waals surface area contributed by atoms with Gasteiger partial charge in [-0.2, -0.15) is 35.9 Å². The molecule has 1 aliphatic carbocycles. The molecule has 0 N–H and O–H groups in total. The van der Waals surface area contributed by atoms with Crippen LogP contribution in [0.3, 0.4) is 0 Å². The minimum atomic E-state index is -0.760. The fraction of sp³-hybridized carbons (Fsp3) is 0.186. The van der Waals surface area contributed by atoms with Crippen molar-refractivity contribution >= 4 is 44.6 Å². The maximum atomic E-state index is 5.05. The number of nitrogens with zero attached hydrogens (tertiary/aromatic N) is 4. The van der Waals surface area contributed by atoms with E-state index < -0.39 is 5.41 Å². The van der Waals surface area contributed by atoms with Gasteiger partial charge in [0, 0.05) is 55.3 Å². The van der Waals surface area contributed by atoms with E-state index in [0.717, 1.165) is 56.1 Å². The summed E-state index contributed by atoms with van der Waals surface area (Å²) < 4.78 is 2.32. The first-order chi connectivity index (χ1) is 30.3. The summed E-state index contributed by atoms with van der Waals surface area (Å²) in [6.45, 7) is 20.4. The quantitative estimate of drug-likeness (QED) is 0.161.